The molecule has 0 bridgehead atoms. The van der Waals surface area contributed by atoms with Crippen molar-refractivity contribution < 1.29 is 19.1 Å². The van der Waals surface area contributed by atoms with Gasteiger partial charge in [-0.05, 0) is 61.7 Å². The molecule has 2 aromatic rings. The molecule has 30 heavy (non-hydrogen) atoms. The highest BCUT2D eigenvalue weighted by Gasteiger charge is 2.12. The van der Waals surface area contributed by atoms with Crippen LogP contribution in [-0.4, -0.2) is 24.4 Å². The summed E-state index contributed by atoms with van der Waals surface area (Å²) in [4.78, 5) is 35.8. The Bertz CT molecular complexity index is 966. The van der Waals surface area contributed by atoms with E-state index in [1.165, 1.54) is 0 Å². The Morgan fingerprint density at radius 1 is 0.933 bits per heavy atom. The predicted octanol–water partition coefficient (Wildman–Crippen LogP) is 5.66. The third-order valence-corrected chi connectivity index (χ3v) is 5.95. The van der Waals surface area contributed by atoms with Crippen molar-refractivity contribution in [3.63, 3.8) is 0 Å². The van der Waals surface area contributed by atoms with E-state index in [1.807, 2.05) is 19.9 Å². The molecule has 0 aromatic heterocycles. The highest BCUT2D eigenvalue weighted by Crippen LogP contribution is 2.26. The molecule has 0 unspecified atom stereocenters. The SMILES string of the molecule is Cc1c(Br)ccc(NC(=O)COC(=O)CCCC(=O)Nc2ccc(Cl)c(Cl)c2)c1C. The van der Waals surface area contributed by atoms with Crippen LogP contribution in [0.4, 0.5) is 11.4 Å². The zero-order chi connectivity index (χ0) is 22.3. The van der Waals surface area contributed by atoms with Gasteiger partial charge in [-0.3, -0.25) is 14.4 Å². The fourth-order valence-corrected chi connectivity index (χ4v) is 3.25. The number of amides is 2. The summed E-state index contributed by atoms with van der Waals surface area (Å²) in [5.74, 6) is -1.23. The Hall–Kier alpha value is -2.09. The Labute approximate surface area is 193 Å². The van der Waals surface area contributed by atoms with Crippen LogP contribution >= 0.6 is 39.1 Å². The standard InChI is InChI=1S/C21H21BrCl2N2O4/c1-12-13(2)18(9-7-15(12)22)26-20(28)11-30-21(29)5-3-4-19(27)25-14-6-8-16(23)17(24)10-14/h6-10H,3-5,11H2,1-2H3,(H,25,27)(H,26,28). The smallest absolute Gasteiger partial charge is 0.306 e. The number of carbonyl (C=O) groups is 3. The number of halogens is 3. The highest BCUT2D eigenvalue weighted by atomic mass is 79.9. The number of hydrogen-bond acceptors (Lipinski definition) is 4. The normalized spacial score (nSPS) is 10.4. The van der Waals surface area contributed by atoms with Crippen LogP contribution in [0.5, 0.6) is 0 Å². The second-order valence-corrected chi connectivity index (χ2v) is 8.25. The summed E-state index contributed by atoms with van der Waals surface area (Å²) in [5, 5.41) is 6.13. The minimum Gasteiger partial charge on any atom is -0.456 e. The summed E-state index contributed by atoms with van der Waals surface area (Å²) >= 11 is 15.2. The third kappa shape index (κ3) is 7.31. The average Bonchev–Trinajstić information content (AvgIpc) is 2.69. The maximum Gasteiger partial charge on any atom is 0.306 e. The topological polar surface area (TPSA) is 84.5 Å². The lowest BCUT2D eigenvalue weighted by Crippen LogP contribution is -2.21. The number of hydrogen-bond donors (Lipinski definition) is 2. The first-order chi connectivity index (χ1) is 14.2. The van der Waals surface area contributed by atoms with Gasteiger partial charge < -0.3 is 15.4 Å². The molecular formula is C21H21BrCl2N2O4. The molecule has 9 heteroatoms. The number of rotatable bonds is 8. The molecular weight excluding hydrogens is 495 g/mol. The van der Waals surface area contributed by atoms with E-state index in [-0.39, 0.29) is 25.4 Å². The second kappa shape index (κ2) is 11.3. The zero-order valence-electron chi connectivity index (χ0n) is 16.5. The lowest BCUT2D eigenvalue weighted by molar-refractivity contribution is -0.147. The van der Waals surface area contributed by atoms with Gasteiger partial charge in [-0.1, -0.05) is 39.1 Å². The highest BCUT2D eigenvalue weighted by molar-refractivity contribution is 9.10. The van der Waals surface area contributed by atoms with Gasteiger partial charge in [0.1, 0.15) is 0 Å². The van der Waals surface area contributed by atoms with Crippen LogP contribution in [-0.2, 0) is 19.1 Å². The van der Waals surface area contributed by atoms with E-state index in [4.69, 9.17) is 27.9 Å². The maximum absolute atomic E-state index is 12.0. The molecule has 0 spiro atoms. The summed E-state index contributed by atoms with van der Waals surface area (Å²) in [6, 6.07) is 8.38. The van der Waals surface area contributed by atoms with Gasteiger partial charge in [0.2, 0.25) is 5.91 Å². The molecule has 2 rings (SSSR count). The molecule has 0 saturated carbocycles. The summed E-state index contributed by atoms with van der Waals surface area (Å²) < 4.78 is 5.93. The molecule has 160 valence electrons. The van der Waals surface area contributed by atoms with Gasteiger partial charge in [0.25, 0.3) is 5.91 Å². The van der Waals surface area contributed by atoms with Crippen molar-refractivity contribution in [3.8, 4) is 0 Å². The Kier molecular flexibility index (Phi) is 9.14. The van der Waals surface area contributed by atoms with Crippen LogP contribution in [0.1, 0.15) is 30.4 Å². The van der Waals surface area contributed by atoms with E-state index in [0.29, 0.717) is 27.8 Å². The van der Waals surface area contributed by atoms with Crippen LogP contribution in [0.15, 0.2) is 34.8 Å². The molecule has 2 amide bonds. The quantitative estimate of drug-likeness (QED) is 0.444. The van der Waals surface area contributed by atoms with Gasteiger partial charge in [-0.25, -0.2) is 0 Å². The molecule has 0 saturated heterocycles. The number of ether oxygens (including phenoxy) is 1. The lowest BCUT2D eigenvalue weighted by Gasteiger charge is -2.12. The number of esters is 1. The van der Waals surface area contributed by atoms with Gasteiger partial charge in [0.05, 0.1) is 10.0 Å². The van der Waals surface area contributed by atoms with Gasteiger partial charge in [0, 0.05) is 28.7 Å². The number of nitrogens with one attached hydrogen (secondary N) is 2. The Morgan fingerprint density at radius 2 is 1.67 bits per heavy atom. The summed E-state index contributed by atoms with van der Waals surface area (Å²) in [7, 11) is 0. The van der Waals surface area contributed by atoms with Crippen LogP contribution in [0.25, 0.3) is 0 Å². The maximum atomic E-state index is 12.0. The monoisotopic (exact) mass is 514 g/mol. The van der Waals surface area contributed by atoms with E-state index in [0.717, 1.165) is 15.6 Å². The van der Waals surface area contributed by atoms with Crippen LogP contribution in [0, 0.1) is 13.8 Å². The fraction of sp³-hybridized carbons (Fsp3) is 0.286. The van der Waals surface area contributed by atoms with E-state index < -0.39 is 11.9 Å². The molecule has 0 atom stereocenters. The largest absolute Gasteiger partial charge is 0.456 e. The first kappa shape index (κ1) is 24.2. The minimum absolute atomic E-state index is 0.0263. The van der Waals surface area contributed by atoms with Crippen molar-refractivity contribution in [1.82, 2.24) is 0 Å². The average molecular weight is 516 g/mol. The van der Waals surface area contributed by atoms with Crippen molar-refractivity contribution in [1.29, 1.82) is 0 Å². The molecule has 6 nitrogen and oxygen atoms in total. The van der Waals surface area contributed by atoms with Crippen LogP contribution in [0.3, 0.4) is 0 Å². The first-order valence-electron chi connectivity index (χ1n) is 9.13. The van der Waals surface area contributed by atoms with E-state index in [1.54, 1.807) is 24.3 Å². The third-order valence-electron chi connectivity index (χ3n) is 4.35. The molecule has 0 aliphatic heterocycles. The number of carbonyl (C=O) groups excluding carboxylic acids is 3. The molecule has 0 radical (unpaired) electrons. The van der Waals surface area contributed by atoms with Crippen molar-refractivity contribution in [2.45, 2.75) is 33.1 Å². The van der Waals surface area contributed by atoms with Crippen LogP contribution in [0.2, 0.25) is 10.0 Å². The van der Waals surface area contributed by atoms with Gasteiger partial charge >= 0.3 is 5.97 Å². The van der Waals surface area contributed by atoms with Crippen molar-refractivity contribution >= 4 is 68.3 Å². The van der Waals surface area contributed by atoms with Crippen LogP contribution < -0.4 is 10.6 Å². The minimum atomic E-state index is -0.545. The van der Waals surface area contributed by atoms with E-state index >= 15 is 0 Å². The van der Waals surface area contributed by atoms with E-state index in [9.17, 15) is 14.4 Å². The van der Waals surface area contributed by atoms with Gasteiger partial charge in [0.15, 0.2) is 6.61 Å². The number of benzene rings is 2. The molecule has 0 fully saturated rings. The van der Waals surface area contributed by atoms with Crippen molar-refractivity contribution in [2.24, 2.45) is 0 Å². The molecule has 0 aliphatic rings. The van der Waals surface area contributed by atoms with Crippen molar-refractivity contribution in [2.75, 3.05) is 17.2 Å². The van der Waals surface area contributed by atoms with Gasteiger partial charge in [-0.2, -0.15) is 0 Å². The molecule has 0 aliphatic carbocycles. The molecule has 2 aromatic carbocycles. The second-order valence-electron chi connectivity index (χ2n) is 6.58. The van der Waals surface area contributed by atoms with Crippen molar-refractivity contribution in [3.05, 3.63) is 56.0 Å². The summed E-state index contributed by atoms with van der Waals surface area (Å²) in [5.41, 5.74) is 3.13. The first-order valence-corrected chi connectivity index (χ1v) is 10.7. The lowest BCUT2D eigenvalue weighted by atomic mass is 10.1. The van der Waals surface area contributed by atoms with E-state index in [2.05, 4.69) is 26.6 Å². The molecule has 0 heterocycles. The van der Waals surface area contributed by atoms with Gasteiger partial charge in [-0.15, -0.1) is 0 Å². The Morgan fingerprint density at radius 3 is 2.37 bits per heavy atom. The number of anilines is 2. The summed E-state index contributed by atoms with van der Waals surface area (Å²) in [6.07, 6.45) is 0.440. The predicted molar refractivity (Wildman–Crippen MR) is 122 cm³/mol. The molecule has 2 N–H and O–H groups in total. The summed E-state index contributed by atoms with van der Waals surface area (Å²) in [6.45, 7) is 3.44. The fourth-order valence-electron chi connectivity index (χ4n) is 2.52. The zero-order valence-corrected chi connectivity index (χ0v) is 19.6. The Balaban J connectivity index is 1.69.